The van der Waals surface area contributed by atoms with Gasteiger partial charge in [-0.3, -0.25) is 9.48 Å². The molecule has 1 aliphatic heterocycles. The molecular weight excluding hydrogens is 250 g/mol. The molecule has 1 fully saturated rings. The van der Waals surface area contributed by atoms with Crippen molar-refractivity contribution in [2.24, 2.45) is 7.05 Å². The molecule has 8 nitrogen and oxygen atoms in total. The molecule has 1 aromatic rings. The fourth-order valence-corrected chi connectivity index (χ4v) is 2.11. The van der Waals surface area contributed by atoms with E-state index in [2.05, 4.69) is 15.2 Å². The molecule has 1 atom stereocenters. The van der Waals surface area contributed by atoms with Gasteiger partial charge in [-0.05, 0) is 6.42 Å². The third kappa shape index (κ3) is 2.78. The minimum Gasteiger partial charge on any atom is -0.453 e. The van der Waals surface area contributed by atoms with E-state index in [1.807, 2.05) is 0 Å². The van der Waals surface area contributed by atoms with Crippen LogP contribution in [-0.2, 0) is 11.8 Å². The molecule has 2 heterocycles. The highest BCUT2D eigenvalue weighted by molar-refractivity contribution is 5.97. The van der Waals surface area contributed by atoms with E-state index in [4.69, 9.17) is 5.73 Å². The highest BCUT2D eigenvalue weighted by Crippen LogP contribution is 2.16. The van der Waals surface area contributed by atoms with Crippen LogP contribution in [0.1, 0.15) is 16.9 Å². The first-order chi connectivity index (χ1) is 9.01. The Morgan fingerprint density at radius 3 is 2.89 bits per heavy atom. The standard InChI is InChI=1S/C11H17N5O3/c1-15-6-8(12)9(14-15)10(17)16-4-3-7(5-16)13-11(18)19-2/h6-7H,3-5,12H2,1-2H3,(H,13,18). The van der Waals surface area contributed by atoms with Crippen molar-refractivity contribution in [1.29, 1.82) is 0 Å². The summed E-state index contributed by atoms with van der Waals surface area (Å²) in [7, 11) is 3.01. The van der Waals surface area contributed by atoms with E-state index in [0.29, 0.717) is 25.2 Å². The number of nitrogens with two attached hydrogens (primary N) is 1. The summed E-state index contributed by atoms with van der Waals surface area (Å²) >= 11 is 0. The van der Waals surface area contributed by atoms with Crippen LogP contribution in [0, 0.1) is 0 Å². The Hall–Kier alpha value is -2.25. The van der Waals surface area contributed by atoms with Crippen LogP contribution in [0.5, 0.6) is 0 Å². The number of nitrogen functional groups attached to an aromatic ring is 1. The fraction of sp³-hybridized carbons (Fsp3) is 0.545. The van der Waals surface area contributed by atoms with Crippen LogP contribution in [0.3, 0.4) is 0 Å². The van der Waals surface area contributed by atoms with Crippen molar-refractivity contribution in [1.82, 2.24) is 20.0 Å². The zero-order valence-corrected chi connectivity index (χ0v) is 10.9. The summed E-state index contributed by atoms with van der Waals surface area (Å²) in [6.07, 6.45) is 1.79. The molecule has 3 N–H and O–H groups in total. The number of nitrogens with one attached hydrogen (secondary N) is 1. The summed E-state index contributed by atoms with van der Waals surface area (Å²) in [5, 5.41) is 6.72. The lowest BCUT2D eigenvalue weighted by Crippen LogP contribution is -2.38. The second-order valence-electron chi connectivity index (χ2n) is 4.48. The van der Waals surface area contributed by atoms with Crippen LogP contribution >= 0.6 is 0 Å². The molecule has 8 heteroatoms. The van der Waals surface area contributed by atoms with Crippen LogP contribution in [0.4, 0.5) is 10.5 Å². The summed E-state index contributed by atoms with van der Waals surface area (Å²) in [6.45, 7) is 0.994. The molecule has 1 saturated heterocycles. The van der Waals surface area contributed by atoms with Crippen molar-refractivity contribution in [3.63, 3.8) is 0 Å². The number of methoxy groups -OCH3 is 1. The van der Waals surface area contributed by atoms with Gasteiger partial charge in [0.05, 0.1) is 18.8 Å². The smallest absolute Gasteiger partial charge is 0.407 e. The number of carbonyl (C=O) groups excluding carboxylic acids is 2. The summed E-state index contributed by atoms with van der Waals surface area (Å²) in [6, 6.07) is -0.0960. The molecule has 0 radical (unpaired) electrons. The van der Waals surface area contributed by atoms with Gasteiger partial charge in [-0.15, -0.1) is 0 Å². The van der Waals surface area contributed by atoms with Crippen molar-refractivity contribution in [3.05, 3.63) is 11.9 Å². The predicted octanol–water partition coefficient (Wildman–Crippen LogP) is -0.427. The molecule has 0 spiro atoms. The second-order valence-corrected chi connectivity index (χ2v) is 4.48. The third-order valence-electron chi connectivity index (χ3n) is 3.04. The summed E-state index contributed by atoms with van der Waals surface area (Å²) in [5.41, 5.74) is 6.34. The maximum absolute atomic E-state index is 12.2. The lowest BCUT2D eigenvalue weighted by Gasteiger charge is -2.15. The van der Waals surface area contributed by atoms with E-state index in [9.17, 15) is 9.59 Å². The highest BCUT2D eigenvalue weighted by Gasteiger charge is 2.30. The van der Waals surface area contributed by atoms with Crippen LogP contribution < -0.4 is 11.1 Å². The number of hydrogen-bond donors (Lipinski definition) is 2. The van der Waals surface area contributed by atoms with Gasteiger partial charge in [-0.2, -0.15) is 5.10 Å². The van der Waals surface area contributed by atoms with Crippen LogP contribution in [0.2, 0.25) is 0 Å². The Morgan fingerprint density at radius 2 is 2.32 bits per heavy atom. The van der Waals surface area contributed by atoms with Gasteiger partial charge in [0.25, 0.3) is 5.91 Å². The van der Waals surface area contributed by atoms with E-state index in [0.717, 1.165) is 0 Å². The number of ether oxygens (including phenoxy) is 1. The van der Waals surface area contributed by atoms with Gasteiger partial charge in [0.15, 0.2) is 5.69 Å². The van der Waals surface area contributed by atoms with Gasteiger partial charge in [-0.1, -0.05) is 0 Å². The van der Waals surface area contributed by atoms with Crippen LogP contribution in [-0.4, -0.2) is 52.9 Å². The van der Waals surface area contributed by atoms with E-state index < -0.39 is 6.09 Å². The third-order valence-corrected chi connectivity index (χ3v) is 3.04. The van der Waals surface area contributed by atoms with Gasteiger partial charge >= 0.3 is 6.09 Å². The van der Waals surface area contributed by atoms with Gasteiger partial charge < -0.3 is 20.7 Å². The molecule has 0 aliphatic carbocycles. The number of rotatable bonds is 2. The molecular formula is C11H17N5O3. The van der Waals surface area contributed by atoms with E-state index in [1.54, 1.807) is 18.1 Å². The molecule has 2 amide bonds. The SMILES string of the molecule is COC(=O)NC1CCN(C(=O)c2nn(C)cc2N)C1. The van der Waals surface area contributed by atoms with Gasteiger partial charge in [0.2, 0.25) is 0 Å². The van der Waals surface area contributed by atoms with Gasteiger partial charge in [-0.25, -0.2) is 4.79 Å². The minimum atomic E-state index is -0.489. The zero-order valence-electron chi connectivity index (χ0n) is 10.9. The largest absolute Gasteiger partial charge is 0.453 e. The number of hydrogen-bond acceptors (Lipinski definition) is 5. The molecule has 0 bridgehead atoms. The number of aryl methyl sites for hydroxylation is 1. The fourth-order valence-electron chi connectivity index (χ4n) is 2.11. The predicted molar refractivity (Wildman–Crippen MR) is 67.5 cm³/mol. The van der Waals surface area contributed by atoms with Crippen LogP contribution in [0.15, 0.2) is 6.20 Å². The first kappa shape index (κ1) is 13.2. The van der Waals surface area contributed by atoms with E-state index >= 15 is 0 Å². The van der Waals surface area contributed by atoms with E-state index in [-0.39, 0.29) is 17.6 Å². The molecule has 1 aromatic heterocycles. The van der Waals surface area contributed by atoms with Gasteiger partial charge in [0, 0.05) is 26.3 Å². The number of anilines is 1. The lowest BCUT2D eigenvalue weighted by atomic mass is 10.3. The van der Waals surface area contributed by atoms with Crippen molar-refractivity contribution in [3.8, 4) is 0 Å². The normalized spacial score (nSPS) is 18.4. The first-order valence-corrected chi connectivity index (χ1v) is 5.94. The molecule has 0 aromatic carbocycles. The number of alkyl carbamates (subject to hydrolysis) is 1. The Balaban J connectivity index is 1.99. The van der Waals surface area contributed by atoms with Gasteiger partial charge in [0.1, 0.15) is 0 Å². The Kier molecular flexibility index (Phi) is 3.59. The van der Waals surface area contributed by atoms with Crippen molar-refractivity contribution >= 4 is 17.7 Å². The number of likely N-dealkylation sites (tertiary alicyclic amines) is 1. The zero-order chi connectivity index (χ0) is 14.0. The average molecular weight is 267 g/mol. The molecule has 2 rings (SSSR count). The molecule has 1 aliphatic rings. The summed E-state index contributed by atoms with van der Waals surface area (Å²) in [5.74, 6) is -0.215. The maximum atomic E-state index is 12.2. The summed E-state index contributed by atoms with van der Waals surface area (Å²) in [4.78, 5) is 24.9. The molecule has 104 valence electrons. The van der Waals surface area contributed by atoms with Crippen molar-refractivity contribution < 1.29 is 14.3 Å². The van der Waals surface area contributed by atoms with Crippen molar-refractivity contribution in [2.45, 2.75) is 12.5 Å². The van der Waals surface area contributed by atoms with E-state index in [1.165, 1.54) is 11.8 Å². The monoisotopic (exact) mass is 267 g/mol. The minimum absolute atomic E-state index is 0.0960. The Labute approximate surface area is 110 Å². The summed E-state index contributed by atoms with van der Waals surface area (Å²) < 4.78 is 6.03. The highest BCUT2D eigenvalue weighted by atomic mass is 16.5. The average Bonchev–Trinajstić information content (AvgIpc) is 2.95. The Morgan fingerprint density at radius 1 is 1.58 bits per heavy atom. The molecule has 1 unspecified atom stereocenters. The number of nitrogens with zero attached hydrogens (tertiary/aromatic N) is 3. The lowest BCUT2D eigenvalue weighted by molar-refractivity contribution is 0.0782. The topological polar surface area (TPSA) is 102 Å². The van der Waals surface area contributed by atoms with Crippen LogP contribution in [0.25, 0.3) is 0 Å². The number of amides is 2. The molecule has 19 heavy (non-hydrogen) atoms. The second kappa shape index (κ2) is 5.17. The van der Waals surface area contributed by atoms with Crippen molar-refractivity contribution in [2.75, 3.05) is 25.9 Å². The quantitative estimate of drug-likeness (QED) is 0.757. The number of aromatic nitrogens is 2. The number of carbonyl (C=O) groups is 2. The first-order valence-electron chi connectivity index (χ1n) is 5.94. The molecule has 0 saturated carbocycles. The maximum Gasteiger partial charge on any atom is 0.407 e. The Bertz CT molecular complexity index is 499.